The first-order chi connectivity index (χ1) is 8.92. The van der Waals surface area contributed by atoms with Crippen LogP contribution < -0.4 is 5.73 Å². The van der Waals surface area contributed by atoms with E-state index >= 15 is 0 Å². The molecule has 4 unspecified atom stereocenters. The number of rotatable bonds is 10. The molecule has 0 aromatic carbocycles. The van der Waals surface area contributed by atoms with Crippen molar-refractivity contribution in [2.24, 2.45) is 11.7 Å². The van der Waals surface area contributed by atoms with Crippen LogP contribution in [0.5, 0.6) is 0 Å². The van der Waals surface area contributed by atoms with E-state index in [0.29, 0.717) is 6.42 Å². The third kappa shape index (κ3) is 6.07. The SMILES string of the molecule is CCCCCC(C)C(N)(CC)C(O)C=CC(O)CC. The monoisotopic (exact) mass is 271 g/mol. The van der Waals surface area contributed by atoms with Gasteiger partial charge in [-0.05, 0) is 25.2 Å². The molecule has 0 fully saturated rings. The fraction of sp³-hybridized carbons (Fsp3) is 0.875. The highest BCUT2D eigenvalue weighted by molar-refractivity contribution is 5.06. The lowest BCUT2D eigenvalue weighted by atomic mass is 9.76. The summed E-state index contributed by atoms with van der Waals surface area (Å²) in [6.45, 7) is 8.23. The second-order valence-electron chi connectivity index (χ2n) is 5.67. The molecule has 3 heteroatoms. The topological polar surface area (TPSA) is 66.5 Å². The summed E-state index contributed by atoms with van der Waals surface area (Å²) in [6.07, 6.45) is 8.11. The molecule has 0 amide bonds. The highest BCUT2D eigenvalue weighted by atomic mass is 16.3. The van der Waals surface area contributed by atoms with Gasteiger partial charge in [-0.1, -0.05) is 59.1 Å². The third-order valence-corrected chi connectivity index (χ3v) is 4.26. The molecule has 4 N–H and O–H groups in total. The molecule has 0 saturated carbocycles. The molecular formula is C16H33NO2. The van der Waals surface area contributed by atoms with Crippen molar-refractivity contribution in [2.45, 2.75) is 84.0 Å². The molecular weight excluding hydrogens is 238 g/mol. The molecule has 19 heavy (non-hydrogen) atoms. The van der Waals surface area contributed by atoms with E-state index in [9.17, 15) is 10.2 Å². The summed E-state index contributed by atoms with van der Waals surface area (Å²) in [7, 11) is 0. The largest absolute Gasteiger partial charge is 0.389 e. The van der Waals surface area contributed by atoms with E-state index in [1.54, 1.807) is 12.2 Å². The molecule has 0 rings (SSSR count). The van der Waals surface area contributed by atoms with Gasteiger partial charge in [0.1, 0.15) is 0 Å². The van der Waals surface area contributed by atoms with Gasteiger partial charge in [0, 0.05) is 5.54 Å². The van der Waals surface area contributed by atoms with Gasteiger partial charge >= 0.3 is 0 Å². The van der Waals surface area contributed by atoms with Gasteiger partial charge in [-0.25, -0.2) is 0 Å². The van der Waals surface area contributed by atoms with Crippen molar-refractivity contribution in [1.29, 1.82) is 0 Å². The summed E-state index contributed by atoms with van der Waals surface area (Å²) in [5.74, 6) is 0.266. The number of aliphatic hydroxyl groups is 2. The minimum atomic E-state index is -0.699. The molecule has 0 bridgehead atoms. The van der Waals surface area contributed by atoms with Gasteiger partial charge in [0.15, 0.2) is 0 Å². The summed E-state index contributed by atoms with van der Waals surface area (Å²) < 4.78 is 0. The van der Waals surface area contributed by atoms with Gasteiger partial charge < -0.3 is 15.9 Å². The Morgan fingerprint density at radius 1 is 1.11 bits per heavy atom. The van der Waals surface area contributed by atoms with Crippen LogP contribution in [-0.2, 0) is 0 Å². The van der Waals surface area contributed by atoms with E-state index in [0.717, 1.165) is 19.3 Å². The second kappa shape index (κ2) is 9.51. The van der Waals surface area contributed by atoms with Gasteiger partial charge in [-0.3, -0.25) is 0 Å². The highest BCUT2D eigenvalue weighted by Gasteiger charge is 2.35. The van der Waals surface area contributed by atoms with Gasteiger partial charge in [0.25, 0.3) is 0 Å². The Bertz CT molecular complexity index is 255. The Morgan fingerprint density at radius 2 is 1.74 bits per heavy atom. The predicted octanol–water partition coefficient (Wildman–Crippen LogP) is 3.00. The zero-order valence-corrected chi connectivity index (χ0v) is 13.1. The first-order valence-corrected chi connectivity index (χ1v) is 7.75. The summed E-state index contributed by atoms with van der Waals surface area (Å²) in [5, 5.41) is 19.8. The van der Waals surface area contributed by atoms with Crippen molar-refractivity contribution in [2.75, 3.05) is 0 Å². The van der Waals surface area contributed by atoms with Crippen molar-refractivity contribution in [3.63, 3.8) is 0 Å². The van der Waals surface area contributed by atoms with Crippen LogP contribution in [0.25, 0.3) is 0 Å². The van der Waals surface area contributed by atoms with Crippen LogP contribution in [0.2, 0.25) is 0 Å². The average molecular weight is 271 g/mol. The van der Waals surface area contributed by atoms with E-state index in [1.165, 1.54) is 12.8 Å². The maximum atomic E-state index is 10.3. The molecule has 114 valence electrons. The highest BCUT2D eigenvalue weighted by Crippen LogP contribution is 2.28. The molecule has 0 aromatic heterocycles. The molecule has 4 atom stereocenters. The van der Waals surface area contributed by atoms with E-state index in [1.807, 2.05) is 13.8 Å². The summed E-state index contributed by atoms with van der Waals surface area (Å²) in [5.41, 5.74) is 5.81. The fourth-order valence-corrected chi connectivity index (χ4v) is 2.37. The van der Waals surface area contributed by atoms with Crippen molar-refractivity contribution in [1.82, 2.24) is 0 Å². The fourth-order valence-electron chi connectivity index (χ4n) is 2.37. The zero-order chi connectivity index (χ0) is 14.9. The van der Waals surface area contributed by atoms with Crippen LogP contribution >= 0.6 is 0 Å². The van der Waals surface area contributed by atoms with Crippen molar-refractivity contribution >= 4 is 0 Å². The Morgan fingerprint density at radius 3 is 2.21 bits per heavy atom. The Balaban J connectivity index is 4.59. The molecule has 0 aromatic rings. The molecule has 3 nitrogen and oxygen atoms in total. The van der Waals surface area contributed by atoms with Gasteiger partial charge in [0.05, 0.1) is 12.2 Å². The lowest BCUT2D eigenvalue weighted by molar-refractivity contribution is 0.0776. The summed E-state index contributed by atoms with van der Waals surface area (Å²) in [4.78, 5) is 0. The standard InChI is InChI=1S/C16H33NO2/c1-5-8-9-10-13(4)16(17,7-3)15(19)12-11-14(18)6-2/h11-15,18-19H,5-10,17H2,1-4H3. The van der Waals surface area contributed by atoms with E-state index in [-0.39, 0.29) is 5.92 Å². The van der Waals surface area contributed by atoms with Gasteiger partial charge in [-0.2, -0.15) is 0 Å². The molecule has 0 radical (unpaired) electrons. The molecule has 0 spiro atoms. The van der Waals surface area contributed by atoms with Crippen molar-refractivity contribution in [3.8, 4) is 0 Å². The molecule has 0 heterocycles. The summed E-state index contributed by atoms with van der Waals surface area (Å²) >= 11 is 0. The third-order valence-electron chi connectivity index (χ3n) is 4.26. The Labute approximate surface area is 118 Å². The van der Waals surface area contributed by atoms with E-state index in [4.69, 9.17) is 5.73 Å². The number of hydrogen-bond acceptors (Lipinski definition) is 3. The van der Waals surface area contributed by atoms with Crippen molar-refractivity contribution < 1.29 is 10.2 Å². The Kier molecular flexibility index (Phi) is 9.32. The number of unbranched alkanes of at least 4 members (excludes halogenated alkanes) is 2. The average Bonchev–Trinajstić information content (AvgIpc) is 2.43. The second-order valence-corrected chi connectivity index (χ2v) is 5.67. The smallest absolute Gasteiger partial charge is 0.0903 e. The molecule has 0 aliphatic rings. The summed E-state index contributed by atoms with van der Waals surface area (Å²) in [6, 6.07) is 0. The maximum absolute atomic E-state index is 10.3. The lowest BCUT2D eigenvalue weighted by Crippen LogP contribution is -2.54. The number of aliphatic hydroxyl groups excluding tert-OH is 2. The molecule has 0 saturated heterocycles. The van der Waals surface area contributed by atoms with Crippen LogP contribution in [0.1, 0.15) is 66.2 Å². The van der Waals surface area contributed by atoms with E-state index < -0.39 is 17.7 Å². The number of hydrogen-bond donors (Lipinski definition) is 3. The van der Waals surface area contributed by atoms with Crippen molar-refractivity contribution in [3.05, 3.63) is 12.2 Å². The lowest BCUT2D eigenvalue weighted by Gasteiger charge is -2.38. The number of nitrogens with two attached hydrogens (primary N) is 1. The molecule has 0 aliphatic heterocycles. The minimum absolute atomic E-state index is 0.266. The van der Waals surface area contributed by atoms with Crippen LogP contribution in [0.3, 0.4) is 0 Å². The maximum Gasteiger partial charge on any atom is 0.0903 e. The normalized spacial score (nSPS) is 20.2. The van der Waals surface area contributed by atoms with Crippen LogP contribution in [-0.4, -0.2) is 28.0 Å². The van der Waals surface area contributed by atoms with Crippen LogP contribution in [0, 0.1) is 5.92 Å². The van der Waals surface area contributed by atoms with Crippen LogP contribution in [0.15, 0.2) is 12.2 Å². The van der Waals surface area contributed by atoms with Gasteiger partial charge in [0.2, 0.25) is 0 Å². The quantitative estimate of drug-likeness (QED) is 0.423. The van der Waals surface area contributed by atoms with Crippen LogP contribution in [0.4, 0.5) is 0 Å². The predicted molar refractivity (Wildman–Crippen MR) is 82.0 cm³/mol. The zero-order valence-electron chi connectivity index (χ0n) is 13.1. The molecule has 0 aliphatic carbocycles. The first kappa shape index (κ1) is 18.6. The van der Waals surface area contributed by atoms with E-state index in [2.05, 4.69) is 13.8 Å². The minimum Gasteiger partial charge on any atom is -0.389 e. The Hall–Kier alpha value is -0.380. The van der Waals surface area contributed by atoms with Gasteiger partial charge in [-0.15, -0.1) is 0 Å². The first-order valence-electron chi connectivity index (χ1n) is 7.75.